The molecule has 2 heterocycles. The number of phenols is 1. The van der Waals surface area contributed by atoms with Crippen molar-refractivity contribution in [1.82, 2.24) is 9.88 Å². The van der Waals surface area contributed by atoms with Gasteiger partial charge in [-0.1, -0.05) is 24.3 Å². The van der Waals surface area contributed by atoms with Gasteiger partial charge in [0.05, 0.1) is 5.56 Å². The maximum Gasteiger partial charge on any atom is 0.257 e. The molecule has 1 amide bonds. The van der Waals surface area contributed by atoms with E-state index in [1.165, 1.54) is 6.07 Å². The summed E-state index contributed by atoms with van der Waals surface area (Å²) in [5.41, 5.74) is 2.04. The third kappa shape index (κ3) is 2.62. The molecule has 0 unspecified atom stereocenters. The number of phenolic OH excluding ortho intramolecular Hbond substituents is 1. The van der Waals surface area contributed by atoms with Crippen molar-refractivity contribution < 1.29 is 14.3 Å². The van der Waals surface area contributed by atoms with Gasteiger partial charge in [-0.15, -0.1) is 0 Å². The quantitative estimate of drug-likeness (QED) is 0.783. The van der Waals surface area contributed by atoms with Gasteiger partial charge >= 0.3 is 0 Å². The number of carbonyl (C=O) groups excluding carboxylic acids is 1. The molecule has 5 nitrogen and oxygen atoms in total. The lowest BCUT2D eigenvalue weighted by molar-refractivity contribution is 0.0703. The normalized spacial score (nSPS) is 15.8. The third-order valence-electron chi connectivity index (χ3n) is 4.58. The minimum absolute atomic E-state index is 0.0311. The van der Waals surface area contributed by atoms with Crippen LogP contribution in [-0.4, -0.2) is 34.0 Å². The van der Waals surface area contributed by atoms with E-state index >= 15 is 0 Å². The van der Waals surface area contributed by atoms with Crippen LogP contribution in [0.4, 0.5) is 0 Å². The molecule has 0 bridgehead atoms. The molecule has 1 saturated heterocycles. The zero-order chi connectivity index (χ0) is 16.5. The van der Waals surface area contributed by atoms with Crippen molar-refractivity contribution in [3.63, 3.8) is 0 Å². The summed E-state index contributed by atoms with van der Waals surface area (Å²) >= 11 is 0. The molecule has 0 saturated carbocycles. The first-order valence-electron chi connectivity index (χ1n) is 8.15. The lowest BCUT2D eigenvalue weighted by Gasteiger charge is -2.30. The lowest BCUT2D eigenvalue weighted by atomic mass is 9.96. The summed E-state index contributed by atoms with van der Waals surface area (Å²) in [6.45, 7) is 1.27. The van der Waals surface area contributed by atoms with E-state index in [2.05, 4.69) is 4.98 Å². The van der Waals surface area contributed by atoms with Crippen LogP contribution in [0.1, 0.15) is 35.0 Å². The van der Waals surface area contributed by atoms with Crippen LogP contribution in [0, 0.1) is 0 Å². The summed E-state index contributed by atoms with van der Waals surface area (Å²) in [7, 11) is 0. The second-order valence-corrected chi connectivity index (χ2v) is 6.10. The van der Waals surface area contributed by atoms with Gasteiger partial charge in [-0.05, 0) is 37.1 Å². The summed E-state index contributed by atoms with van der Waals surface area (Å²) in [6.07, 6.45) is 1.62. The van der Waals surface area contributed by atoms with Crippen molar-refractivity contribution in [3.8, 4) is 5.75 Å². The molecule has 1 fully saturated rings. The lowest BCUT2D eigenvalue weighted by Crippen LogP contribution is -2.38. The zero-order valence-corrected chi connectivity index (χ0v) is 13.2. The highest BCUT2D eigenvalue weighted by Crippen LogP contribution is 2.31. The molecule has 1 N–H and O–H groups in total. The highest BCUT2D eigenvalue weighted by atomic mass is 16.3. The number of piperidine rings is 1. The van der Waals surface area contributed by atoms with Crippen LogP contribution >= 0.6 is 0 Å². The third-order valence-corrected chi connectivity index (χ3v) is 4.58. The number of hydrogen-bond donors (Lipinski definition) is 1. The zero-order valence-electron chi connectivity index (χ0n) is 13.2. The van der Waals surface area contributed by atoms with E-state index in [-0.39, 0.29) is 17.6 Å². The highest BCUT2D eigenvalue weighted by molar-refractivity contribution is 5.96. The van der Waals surface area contributed by atoms with Crippen molar-refractivity contribution in [2.24, 2.45) is 0 Å². The summed E-state index contributed by atoms with van der Waals surface area (Å²) in [5, 5.41) is 9.85. The standard InChI is InChI=1S/C19H18N2O3/c22-16-7-3-1-5-14(16)19(23)21-11-9-13(10-12-21)18-20-15-6-2-4-8-17(15)24-18/h1-8,13,22H,9-12H2. The SMILES string of the molecule is O=C(c1ccccc1O)N1CCC(c2nc3ccccc3o2)CC1. The number of aromatic nitrogens is 1. The molecule has 122 valence electrons. The summed E-state index contributed by atoms with van der Waals surface area (Å²) < 4.78 is 5.85. The number of oxazole rings is 1. The van der Waals surface area contributed by atoms with Crippen LogP contribution < -0.4 is 0 Å². The van der Waals surface area contributed by atoms with Gasteiger partial charge in [0.1, 0.15) is 11.3 Å². The van der Waals surface area contributed by atoms with Gasteiger partial charge in [-0.3, -0.25) is 4.79 Å². The predicted molar refractivity (Wildman–Crippen MR) is 90.0 cm³/mol. The van der Waals surface area contributed by atoms with Crippen LogP contribution in [0.5, 0.6) is 5.75 Å². The van der Waals surface area contributed by atoms with E-state index in [0.29, 0.717) is 18.7 Å². The second kappa shape index (κ2) is 6.00. The first-order valence-corrected chi connectivity index (χ1v) is 8.15. The van der Waals surface area contributed by atoms with Gasteiger partial charge in [0.2, 0.25) is 0 Å². The molecule has 0 atom stereocenters. The number of para-hydroxylation sites is 3. The monoisotopic (exact) mass is 322 g/mol. The molecule has 4 rings (SSSR count). The second-order valence-electron chi connectivity index (χ2n) is 6.10. The van der Waals surface area contributed by atoms with E-state index in [1.54, 1.807) is 23.1 Å². The fourth-order valence-corrected chi connectivity index (χ4v) is 3.22. The fraction of sp³-hybridized carbons (Fsp3) is 0.263. The number of rotatable bonds is 2. The smallest absolute Gasteiger partial charge is 0.257 e. The Morgan fingerprint density at radius 1 is 1.08 bits per heavy atom. The van der Waals surface area contributed by atoms with E-state index in [9.17, 15) is 9.90 Å². The molecule has 0 aliphatic carbocycles. The van der Waals surface area contributed by atoms with Crippen LogP contribution in [-0.2, 0) is 0 Å². The number of nitrogens with zero attached hydrogens (tertiary/aromatic N) is 2. The minimum atomic E-state index is -0.121. The van der Waals surface area contributed by atoms with E-state index in [0.717, 1.165) is 29.8 Å². The van der Waals surface area contributed by atoms with Crippen molar-refractivity contribution >= 4 is 17.0 Å². The van der Waals surface area contributed by atoms with Crippen LogP contribution in [0.25, 0.3) is 11.1 Å². The average Bonchev–Trinajstić information content (AvgIpc) is 3.06. The molecule has 5 heteroatoms. The number of aromatic hydroxyl groups is 1. The number of benzene rings is 2. The van der Waals surface area contributed by atoms with Gasteiger partial charge in [0.25, 0.3) is 5.91 Å². The molecule has 0 radical (unpaired) electrons. The Labute approximate surface area is 139 Å². The van der Waals surface area contributed by atoms with Crippen molar-refractivity contribution in [3.05, 3.63) is 60.0 Å². The molecule has 0 spiro atoms. The minimum Gasteiger partial charge on any atom is -0.507 e. The maximum absolute atomic E-state index is 12.5. The summed E-state index contributed by atoms with van der Waals surface area (Å²) in [4.78, 5) is 18.9. The van der Waals surface area contributed by atoms with Gasteiger partial charge in [-0.2, -0.15) is 0 Å². The molecule has 2 aromatic carbocycles. The molecule has 1 aliphatic heterocycles. The molecule has 1 aliphatic rings. The highest BCUT2D eigenvalue weighted by Gasteiger charge is 2.28. The fourth-order valence-electron chi connectivity index (χ4n) is 3.22. The van der Waals surface area contributed by atoms with Gasteiger partial charge in [0.15, 0.2) is 11.5 Å². The Balaban J connectivity index is 1.47. The van der Waals surface area contributed by atoms with Crippen molar-refractivity contribution in [1.29, 1.82) is 0 Å². The molecule has 3 aromatic rings. The Bertz CT molecular complexity index is 846. The van der Waals surface area contributed by atoms with Crippen molar-refractivity contribution in [2.45, 2.75) is 18.8 Å². The Morgan fingerprint density at radius 2 is 1.79 bits per heavy atom. The molecule has 1 aromatic heterocycles. The topological polar surface area (TPSA) is 66.6 Å². The Hall–Kier alpha value is -2.82. The Kier molecular flexibility index (Phi) is 3.69. The van der Waals surface area contributed by atoms with E-state index in [1.807, 2.05) is 24.3 Å². The van der Waals surface area contributed by atoms with Gasteiger partial charge in [-0.25, -0.2) is 4.98 Å². The first-order chi connectivity index (χ1) is 11.7. The van der Waals surface area contributed by atoms with Crippen LogP contribution in [0.2, 0.25) is 0 Å². The van der Waals surface area contributed by atoms with Crippen LogP contribution in [0.15, 0.2) is 52.9 Å². The summed E-state index contributed by atoms with van der Waals surface area (Å²) in [6, 6.07) is 14.4. The number of likely N-dealkylation sites (tertiary alicyclic amines) is 1. The van der Waals surface area contributed by atoms with E-state index in [4.69, 9.17) is 4.42 Å². The van der Waals surface area contributed by atoms with Gasteiger partial charge in [0, 0.05) is 19.0 Å². The number of amides is 1. The van der Waals surface area contributed by atoms with Gasteiger partial charge < -0.3 is 14.4 Å². The maximum atomic E-state index is 12.5. The number of carbonyl (C=O) groups is 1. The largest absolute Gasteiger partial charge is 0.507 e. The molecular weight excluding hydrogens is 304 g/mol. The molecule has 24 heavy (non-hydrogen) atoms. The van der Waals surface area contributed by atoms with Crippen LogP contribution in [0.3, 0.4) is 0 Å². The first kappa shape index (κ1) is 14.8. The molecular formula is C19H18N2O3. The average molecular weight is 322 g/mol. The van der Waals surface area contributed by atoms with Crippen molar-refractivity contribution in [2.75, 3.05) is 13.1 Å². The number of hydrogen-bond acceptors (Lipinski definition) is 4. The van der Waals surface area contributed by atoms with E-state index < -0.39 is 0 Å². The Morgan fingerprint density at radius 3 is 2.54 bits per heavy atom. The summed E-state index contributed by atoms with van der Waals surface area (Å²) in [5.74, 6) is 0.893. The number of fused-ring (bicyclic) bond motifs is 1. The predicted octanol–water partition coefficient (Wildman–Crippen LogP) is 3.55.